The molecule has 6 heteroatoms. The van der Waals surface area contributed by atoms with Crippen molar-refractivity contribution in [1.29, 1.82) is 0 Å². The molecule has 178 valence electrons. The van der Waals surface area contributed by atoms with Gasteiger partial charge in [-0.2, -0.15) is 4.91 Å². The SMILES string of the molecule is Cc1ccccc1C(=O)Nc1ccc(C(=O)N2CCC3(CCCC3N=O)Cc3ccccc32)cc1. The van der Waals surface area contributed by atoms with Crippen molar-refractivity contribution in [2.45, 2.75) is 45.1 Å². The molecule has 3 aromatic carbocycles. The summed E-state index contributed by atoms with van der Waals surface area (Å²) in [5.74, 6) is -0.260. The minimum Gasteiger partial charge on any atom is -0.322 e. The van der Waals surface area contributed by atoms with E-state index in [0.717, 1.165) is 48.9 Å². The molecule has 2 atom stereocenters. The van der Waals surface area contributed by atoms with E-state index >= 15 is 0 Å². The average Bonchev–Trinajstić information content (AvgIpc) is 3.19. The van der Waals surface area contributed by atoms with Gasteiger partial charge in [-0.3, -0.25) is 9.59 Å². The lowest BCUT2D eigenvalue weighted by atomic mass is 9.75. The van der Waals surface area contributed by atoms with Gasteiger partial charge in [0.25, 0.3) is 11.8 Å². The molecule has 1 aliphatic carbocycles. The maximum atomic E-state index is 13.6. The van der Waals surface area contributed by atoms with E-state index < -0.39 is 0 Å². The number of hydrogen-bond donors (Lipinski definition) is 1. The third-order valence-electron chi connectivity index (χ3n) is 7.67. The summed E-state index contributed by atoms with van der Waals surface area (Å²) in [6.07, 6.45) is 4.33. The topological polar surface area (TPSA) is 78.8 Å². The van der Waals surface area contributed by atoms with E-state index in [1.165, 1.54) is 0 Å². The second-order valence-electron chi connectivity index (χ2n) is 9.73. The number of hydrogen-bond acceptors (Lipinski definition) is 4. The van der Waals surface area contributed by atoms with Crippen molar-refractivity contribution in [3.63, 3.8) is 0 Å². The van der Waals surface area contributed by atoms with E-state index in [0.29, 0.717) is 23.4 Å². The Morgan fingerprint density at radius 2 is 1.71 bits per heavy atom. The summed E-state index contributed by atoms with van der Waals surface area (Å²) >= 11 is 0. The summed E-state index contributed by atoms with van der Waals surface area (Å²) in [6.45, 7) is 2.45. The highest BCUT2D eigenvalue weighted by Crippen LogP contribution is 2.49. The molecule has 1 fully saturated rings. The molecule has 2 aliphatic rings. The maximum Gasteiger partial charge on any atom is 0.258 e. The summed E-state index contributed by atoms with van der Waals surface area (Å²) in [4.78, 5) is 39.7. The van der Waals surface area contributed by atoms with Crippen molar-refractivity contribution in [2.24, 2.45) is 10.6 Å². The number of benzene rings is 3. The van der Waals surface area contributed by atoms with E-state index in [9.17, 15) is 14.5 Å². The normalized spacial score (nSPS) is 21.3. The van der Waals surface area contributed by atoms with E-state index in [2.05, 4.69) is 16.6 Å². The number of para-hydroxylation sites is 1. The second kappa shape index (κ2) is 9.45. The van der Waals surface area contributed by atoms with Gasteiger partial charge in [-0.25, -0.2) is 0 Å². The first-order valence-electron chi connectivity index (χ1n) is 12.2. The lowest BCUT2D eigenvalue weighted by molar-refractivity contribution is 0.0982. The summed E-state index contributed by atoms with van der Waals surface area (Å²) in [5.41, 5.74) is 4.55. The molecular formula is C29H29N3O3. The fourth-order valence-electron chi connectivity index (χ4n) is 5.72. The molecule has 0 saturated heterocycles. The van der Waals surface area contributed by atoms with Gasteiger partial charge in [0.1, 0.15) is 0 Å². The number of rotatable bonds is 4. The van der Waals surface area contributed by atoms with Crippen LogP contribution in [0.5, 0.6) is 0 Å². The summed E-state index contributed by atoms with van der Waals surface area (Å²) in [7, 11) is 0. The number of aryl methyl sites for hydroxylation is 1. The number of nitrogens with one attached hydrogen (secondary N) is 1. The lowest BCUT2D eigenvalue weighted by Gasteiger charge is -2.30. The molecular weight excluding hydrogens is 438 g/mol. The molecule has 0 radical (unpaired) electrons. The third-order valence-corrected chi connectivity index (χ3v) is 7.67. The third kappa shape index (κ3) is 4.36. The average molecular weight is 468 g/mol. The van der Waals surface area contributed by atoms with Gasteiger partial charge in [0, 0.05) is 34.5 Å². The Bertz CT molecular complexity index is 1270. The van der Waals surface area contributed by atoms with Crippen molar-refractivity contribution in [1.82, 2.24) is 0 Å². The highest BCUT2D eigenvalue weighted by Gasteiger charge is 2.46. The number of fused-ring (bicyclic) bond motifs is 1. The quantitative estimate of drug-likeness (QED) is 0.468. The van der Waals surface area contributed by atoms with E-state index in [1.54, 1.807) is 30.3 Å². The van der Waals surface area contributed by atoms with E-state index in [4.69, 9.17) is 0 Å². The summed E-state index contributed by atoms with van der Waals surface area (Å²) in [6, 6.07) is 22.3. The predicted molar refractivity (Wildman–Crippen MR) is 138 cm³/mol. The van der Waals surface area contributed by atoms with Gasteiger partial charge in [0.2, 0.25) is 0 Å². The molecule has 1 saturated carbocycles. The fourth-order valence-corrected chi connectivity index (χ4v) is 5.72. The molecule has 3 aromatic rings. The van der Waals surface area contributed by atoms with Gasteiger partial charge < -0.3 is 10.2 Å². The second-order valence-corrected chi connectivity index (χ2v) is 9.73. The molecule has 6 nitrogen and oxygen atoms in total. The van der Waals surface area contributed by atoms with Crippen LogP contribution in [0.2, 0.25) is 0 Å². The zero-order valence-electron chi connectivity index (χ0n) is 19.9. The van der Waals surface area contributed by atoms with Gasteiger partial charge in [-0.15, -0.1) is 0 Å². The van der Waals surface area contributed by atoms with Gasteiger partial charge >= 0.3 is 0 Å². The van der Waals surface area contributed by atoms with Gasteiger partial charge in [0.15, 0.2) is 0 Å². The largest absolute Gasteiger partial charge is 0.322 e. The van der Waals surface area contributed by atoms with E-state index in [-0.39, 0.29) is 23.3 Å². The Morgan fingerprint density at radius 1 is 0.971 bits per heavy atom. The highest BCUT2D eigenvalue weighted by molar-refractivity contribution is 6.08. The first-order valence-corrected chi connectivity index (χ1v) is 12.2. The molecule has 5 rings (SSSR count). The Balaban J connectivity index is 1.37. The molecule has 0 aromatic heterocycles. The first kappa shape index (κ1) is 23.0. The van der Waals surface area contributed by atoms with Crippen LogP contribution in [0.3, 0.4) is 0 Å². The monoisotopic (exact) mass is 467 g/mol. The Morgan fingerprint density at radius 3 is 2.49 bits per heavy atom. The molecule has 1 spiro atoms. The minimum absolute atomic E-state index is 0.0834. The van der Waals surface area contributed by atoms with Crippen LogP contribution in [-0.2, 0) is 6.42 Å². The Labute approximate surface area is 205 Å². The predicted octanol–water partition coefficient (Wildman–Crippen LogP) is 6.15. The van der Waals surface area contributed by atoms with Crippen LogP contribution in [-0.4, -0.2) is 24.4 Å². The minimum atomic E-state index is -0.193. The molecule has 2 amide bonds. The molecule has 1 aliphatic heterocycles. The van der Waals surface area contributed by atoms with E-state index in [1.807, 2.05) is 48.2 Å². The van der Waals surface area contributed by atoms with Crippen LogP contribution in [0.4, 0.5) is 11.4 Å². The number of carbonyl (C=O) groups is 2. The number of anilines is 2. The van der Waals surface area contributed by atoms with Crippen molar-refractivity contribution in [3.05, 3.63) is 100.0 Å². The first-order chi connectivity index (χ1) is 17.0. The van der Waals surface area contributed by atoms with Crippen LogP contribution in [0.15, 0.2) is 78.0 Å². The zero-order chi connectivity index (χ0) is 24.4. The lowest BCUT2D eigenvalue weighted by Crippen LogP contribution is -2.35. The highest BCUT2D eigenvalue weighted by atomic mass is 16.3. The summed E-state index contributed by atoms with van der Waals surface area (Å²) in [5, 5.41) is 6.39. The molecule has 1 heterocycles. The van der Waals surface area contributed by atoms with Crippen molar-refractivity contribution >= 4 is 23.2 Å². The van der Waals surface area contributed by atoms with Crippen molar-refractivity contribution in [3.8, 4) is 0 Å². The summed E-state index contributed by atoms with van der Waals surface area (Å²) < 4.78 is 0. The van der Waals surface area contributed by atoms with Gasteiger partial charge in [0.05, 0.1) is 6.04 Å². The molecule has 0 bridgehead atoms. The smallest absolute Gasteiger partial charge is 0.258 e. The Kier molecular flexibility index (Phi) is 6.20. The van der Waals surface area contributed by atoms with Crippen LogP contribution in [0.1, 0.15) is 57.5 Å². The van der Waals surface area contributed by atoms with Crippen LogP contribution in [0, 0.1) is 17.2 Å². The van der Waals surface area contributed by atoms with Crippen molar-refractivity contribution < 1.29 is 9.59 Å². The fraction of sp³-hybridized carbons (Fsp3) is 0.310. The number of nitrogens with zero attached hydrogens (tertiary/aromatic N) is 2. The van der Waals surface area contributed by atoms with Crippen LogP contribution < -0.4 is 10.2 Å². The molecule has 35 heavy (non-hydrogen) atoms. The number of carbonyl (C=O) groups excluding carboxylic acids is 2. The van der Waals surface area contributed by atoms with Crippen LogP contribution >= 0.6 is 0 Å². The maximum absolute atomic E-state index is 13.6. The molecule has 1 N–H and O–H groups in total. The zero-order valence-corrected chi connectivity index (χ0v) is 19.9. The number of amides is 2. The number of nitroso groups, excluding NO2 is 1. The molecule has 2 unspecified atom stereocenters. The van der Waals surface area contributed by atoms with Gasteiger partial charge in [-0.05, 0) is 80.1 Å². The standard InChI is InChI=1S/C29H29N3O3/c1-20-7-2-4-9-24(20)27(33)30-23-14-12-21(13-15-23)28(34)32-18-17-29(16-6-11-26(29)31-35)19-22-8-3-5-10-25(22)32/h2-5,7-10,12-15,26H,6,11,16-19H2,1H3,(H,30,33). The van der Waals surface area contributed by atoms with Gasteiger partial charge in [-0.1, -0.05) is 48.0 Å². The van der Waals surface area contributed by atoms with Crippen molar-refractivity contribution in [2.75, 3.05) is 16.8 Å². The Hall–Kier alpha value is -3.80. The van der Waals surface area contributed by atoms with Crippen LogP contribution in [0.25, 0.3) is 0 Å².